The predicted octanol–water partition coefficient (Wildman–Crippen LogP) is 6.36. The lowest BCUT2D eigenvalue weighted by Crippen LogP contribution is -2.53. The standard InChI is InChI=1S/C29H42O4Si/c1-6-28-18-29(30,19-34(3,4)5)27-23-10-8-22(31-2)17-20(23)7-9-24(27)25(28)11-12-26(28)33-21-13-15-32-16-14-21/h8,10,13,17,25-26,30H,6-7,9,11-12,14-16,18-19H2,1-5H3/t25-,26-,28-,29+/m0/s1. The number of aliphatic hydroxyl groups is 1. The molecule has 1 aromatic rings. The van der Waals surface area contributed by atoms with Crippen LogP contribution in [-0.4, -0.2) is 45.2 Å². The van der Waals surface area contributed by atoms with E-state index < -0.39 is 13.7 Å². The molecule has 4 aliphatic rings. The van der Waals surface area contributed by atoms with Gasteiger partial charge in [0, 0.05) is 19.9 Å². The van der Waals surface area contributed by atoms with Crippen LogP contribution in [0.4, 0.5) is 0 Å². The van der Waals surface area contributed by atoms with E-state index in [1.54, 1.807) is 7.11 Å². The lowest BCUT2D eigenvalue weighted by atomic mass is 9.56. The van der Waals surface area contributed by atoms with Crippen LogP contribution in [0.2, 0.25) is 25.7 Å². The van der Waals surface area contributed by atoms with E-state index >= 15 is 0 Å². The van der Waals surface area contributed by atoms with Crippen LogP contribution in [0.3, 0.4) is 0 Å². The molecule has 1 N–H and O–H groups in total. The van der Waals surface area contributed by atoms with Crippen molar-refractivity contribution in [3.05, 3.63) is 46.7 Å². The highest BCUT2D eigenvalue weighted by atomic mass is 28.3. The lowest BCUT2D eigenvalue weighted by molar-refractivity contribution is -0.0591. The van der Waals surface area contributed by atoms with Crippen LogP contribution >= 0.6 is 0 Å². The minimum absolute atomic E-state index is 0.00362. The van der Waals surface area contributed by atoms with Crippen LogP contribution in [-0.2, 0) is 15.9 Å². The Bertz CT molecular complexity index is 1010. The van der Waals surface area contributed by atoms with Crippen LogP contribution in [0.1, 0.15) is 56.6 Å². The molecular formula is C29H42O4Si. The van der Waals surface area contributed by atoms with Crippen molar-refractivity contribution < 1.29 is 19.3 Å². The number of benzene rings is 1. The van der Waals surface area contributed by atoms with Gasteiger partial charge in [-0.2, -0.15) is 0 Å². The van der Waals surface area contributed by atoms with E-state index in [0.29, 0.717) is 12.5 Å². The zero-order valence-corrected chi connectivity index (χ0v) is 22.7. The number of ether oxygens (including phenoxy) is 3. The van der Waals surface area contributed by atoms with E-state index in [9.17, 15) is 5.11 Å². The molecule has 1 aliphatic heterocycles. The van der Waals surface area contributed by atoms with Crippen molar-refractivity contribution in [1.82, 2.24) is 0 Å². The fourth-order valence-corrected chi connectivity index (χ4v) is 9.78. The first-order valence-electron chi connectivity index (χ1n) is 13.3. The second-order valence-electron chi connectivity index (χ2n) is 12.2. The molecule has 1 saturated carbocycles. The molecule has 0 bridgehead atoms. The number of allylic oxidation sites excluding steroid dienone is 1. The molecule has 186 valence electrons. The Labute approximate surface area is 206 Å². The molecule has 0 spiro atoms. The molecule has 5 heteroatoms. The second-order valence-corrected chi connectivity index (χ2v) is 17.7. The monoisotopic (exact) mass is 482 g/mol. The van der Waals surface area contributed by atoms with E-state index in [1.165, 1.54) is 22.3 Å². The summed E-state index contributed by atoms with van der Waals surface area (Å²) in [5.41, 5.74) is 4.58. The summed E-state index contributed by atoms with van der Waals surface area (Å²) in [6.07, 6.45) is 9.32. The SMILES string of the molecule is CC[C@]12C[C@@](O)(C[Si](C)(C)C)C3=C(CCc4cc(OC)ccc43)[C@@H]1CC[C@@H]2OC1=CCOCC1. The van der Waals surface area contributed by atoms with Crippen LogP contribution in [0.15, 0.2) is 35.6 Å². The third kappa shape index (κ3) is 4.08. The van der Waals surface area contributed by atoms with Gasteiger partial charge in [-0.25, -0.2) is 0 Å². The maximum atomic E-state index is 12.7. The number of aryl methyl sites for hydroxylation is 1. The fraction of sp³-hybridized carbons (Fsp3) is 0.655. The topological polar surface area (TPSA) is 47.9 Å². The van der Waals surface area contributed by atoms with E-state index in [4.69, 9.17) is 14.2 Å². The average molecular weight is 483 g/mol. The average Bonchev–Trinajstić information content (AvgIpc) is 3.15. The van der Waals surface area contributed by atoms with Gasteiger partial charge < -0.3 is 19.3 Å². The van der Waals surface area contributed by atoms with Gasteiger partial charge in [0.2, 0.25) is 0 Å². The van der Waals surface area contributed by atoms with E-state index in [1.807, 2.05) is 0 Å². The van der Waals surface area contributed by atoms with Gasteiger partial charge in [-0.05, 0) is 85.4 Å². The molecule has 0 aromatic heterocycles. The van der Waals surface area contributed by atoms with Gasteiger partial charge in [-0.15, -0.1) is 0 Å². The number of methoxy groups -OCH3 is 1. The van der Waals surface area contributed by atoms with Gasteiger partial charge in [0.05, 0.1) is 31.7 Å². The minimum atomic E-state index is -1.56. The maximum absolute atomic E-state index is 12.7. The first-order chi connectivity index (χ1) is 16.2. The highest BCUT2D eigenvalue weighted by molar-refractivity contribution is 6.76. The Morgan fingerprint density at radius 1 is 1.15 bits per heavy atom. The zero-order chi connectivity index (χ0) is 24.1. The molecule has 1 heterocycles. The van der Waals surface area contributed by atoms with Gasteiger partial charge in [0.15, 0.2) is 0 Å². The van der Waals surface area contributed by atoms with Gasteiger partial charge in [0.1, 0.15) is 11.9 Å². The highest BCUT2D eigenvalue weighted by Crippen LogP contribution is 2.64. The normalized spacial score (nSPS) is 33.1. The van der Waals surface area contributed by atoms with Gasteiger partial charge in [-0.1, -0.05) is 38.2 Å². The molecule has 1 aromatic carbocycles. The summed E-state index contributed by atoms with van der Waals surface area (Å²) in [5, 5.41) is 12.7. The third-order valence-corrected chi connectivity index (χ3v) is 10.5. The molecule has 0 amide bonds. The smallest absolute Gasteiger partial charge is 0.119 e. The lowest BCUT2D eigenvalue weighted by Gasteiger charge is -2.54. The van der Waals surface area contributed by atoms with Crippen molar-refractivity contribution in [2.24, 2.45) is 11.3 Å². The van der Waals surface area contributed by atoms with Gasteiger partial charge in [-0.3, -0.25) is 0 Å². The van der Waals surface area contributed by atoms with Crippen LogP contribution in [0.5, 0.6) is 5.75 Å². The van der Waals surface area contributed by atoms with Gasteiger partial charge in [0.25, 0.3) is 0 Å². The van der Waals surface area contributed by atoms with E-state index in [-0.39, 0.29) is 11.5 Å². The molecule has 0 radical (unpaired) electrons. The Balaban J connectivity index is 1.62. The van der Waals surface area contributed by atoms with E-state index in [0.717, 1.165) is 69.1 Å². The molecule has 0 saturated heterocycles. The van der Waals surface area contributed by atoms with Crippen molar-refractivity contribution in [1.29, 1.82) is 0 Å². The van der Waals surface area contributed by atoms with E-state index in [2.05, 4.69) is 50.8 Å². The molecule has 34 heavy (non-hydrogen) atoms. The Morgan fingerprint density at radius 2 is 1.97 bits per heavy atom. The Morgan fingerprint density at radius 3 is 2.65 bits per heavy atom. The van der Waals surface area contributed by atoms with Crippen LogP contribution in [0, 0.1) is 11.3 Å². The molecule has 0 unspecified atom stereocenters. The Hall–Kier alpha value is -1.56. The highest BCUT2D eigenvalue weighted by Gasteiger charge is 2.60. The Kier molecular flexibility index (Phi) is 6.27. The van der Waals surface area contributed by atoms with Crippen molar-refractivity contribution in [3.8, 4) is 5.75 Å². The summed E-state index contributed by atoms with van der Waals surface area (Å²) in [7, 11) is 0.172. The van der Waals surface area contributed by atoms with Crippen LogP contribution in [0.25, 0.3) is 5.57 Å². The first-order valence-corrected chi connectivity index (χ1v) is 17.0. The third-order valence-electron chi connectivity index (χ3n) is 8.82. The number of hydrogen-bond acceptors (Lipinski definition) is 4. The summed E-state index contributed by atoms with van der Waals surface area (Å²) in [6.45, 7) is 10.9. The van der Waals surface area contributed by atoms with Crippen molar-refractivity contribution in [3.63, 3.8) is 0 Å². The predicted molar refractivity (Wildman–Crippen MR) is 140 cm³/mol. The number of fused-ring (bicyclic) bond motifs is 4. The summed E-state index contributed by atoms with van der Waals surface area (Å²) < 4.78 is 17.8. The van der Waals surface area contributed by atoms with Crippen LogP contribution < -0.4 is 4.74 Å². The van der Waals surface area contributed by atoms with Crippen molar-refractivity contribution >= 4 is 13.6 Å². The minimum Gasteiger partial charge on any atom is -0.497 e. The first kappa shape index (κ1) is 24.1. The molecular weight excluding hydrogens is 440 g/mol. The molecule has 1 fully saturated rings. The zero-order valence-electron chi connectivity index (χ0n) is 21.7. The molecule has 4 atom stereocenters. The molecule has 5 rings (SSSR count). The van der Waals surface area contributed by atoms with Crippen molar-refractivity contribution in [2.75, 3.05) is 20.3 Å². The maximum Gasteiger partial charge on any atom is 0.119 e. The molecule has 3 aliphatic carbocycles. The fourth-order valence-electron chi connectivity index (χ4n) is 7.72. The second kappa shape index (κ2) is 8.83. The summed E-state index contributed by atoms with van der Waals surface area (Å²) in [6, 6.07) is 7.37. The summed E-state index contributed by atoms with van der Waals surface area (Å²) in [5.74, 6) is 2.50. The van der Waals surface area contributed by atoms with Crippen molar-refractivity contribution in [2.45, 2.75) is 89.3 Å². The molecule has 4 nitrogen and oxygen atoms in total. The summed E-state index contributed by atoms with van der Waals surface area (Å²) in [4.78, 5) is 0. The summed E-state index contributed by atoms with van der Waals surface area (Å²) >= 11 is 0. The largest absolute Gasteiger partial charge is 0.497 e. The number of rotatable bonds is 6. The number of hydrogen-bond donors (Lipinski definition) is 1. The quantitative estimate of drug-likeness (QED) is 0.479. The van der Waals surface area contributed by atoms with Gasteiger partial charge >= 0.3 is 0 Å².